The van der Waals surface area contributed by atoms with E-state index in [9.17, 15) is 4.79 Å². The smallest absolute Gasteiger partial charge is 0.312 e. The minimum Gasteiger partial charge on any atom is -0.462 e. The van der Waals surface area contributed by atoms with E-state index in [4.69, 9.17) is 4.74 Å². The Hall–Kier alpha value is -0.530. The Kier molecular flexibility index (Phi) is 7.24. The first-order valence-corrected chi connectivity index (χ1v) is 11.4. The van der Waals surface area contributed by atoms with Gasteiger partial charge in [0.05, 0.1) is 5.41 Å². The van der Waals surface area contributed by atoms with Crippen molar-refractivity contribution < 1.29 is 9.53 Å². The number of rotatable bonds is 3. The maximum absolute atomic E-state index is 13.5. The molecule has 0 heterocycles. The van der Waals surface area contributed by atoms with Crippen molar-refractivity contribution >= 4 is 5.97 Å². The van der Waals surface area contributed by atoms with Gasteiger partial charge in [-0.25, -0.2) is 0 Å². The lowest BCUT2D eigenvalue weighted by atomic mass is 9.61. The van der Waals surface area contributed by atoms with E-state index in [2.05, 4.69) is 90.0 Å². The van der Waals surface area contributed by atoms with Crippen LogP contribution in [0, 0.1) is 38.9 Å². The summed E-state index contributed by atoms with van der Waals surface area (Å²) in [4.78, 5) is 13.5. The van der Waals surface area contributed by atoms with Crippen LogP contribution in [0.5, 0.6) is 0 Å². The average molecular weight is 395 g/mol. The molecule has 0 saturated heterocycles. The van der Waals surface area contributed by atoms with Crippen LogP contribution < -0.4 is 0 Å². The van der Waals surface area contributed by atoms with E-state index in [0.29, 0.717) is 11.8 Å². The van der Waals surface area contributed by atoms with E-state index in [1.807, 2.05) is 0 Å². The molecule has 166 valence electrons. The lowest BCUT2D eigenvalue weighted by molar-refractivity contribution is -0.175. The van der Waals surface area contributed by atoms with Crippen LogP contribution in [0.15, 0.2) is 0 Å². The minimum atomic E-state index is -0.489. The van der Waals surface area contributed by atoms with Gasteiger partial charge in [-0.2, -0.15) is 0 Å². The van der Waals surface area contributed by atoms with Gasteiger partial charge in [0.25, 0.3) is 0 Å². The summed E-state index contributed by atoms with van der Waals surface area (Å²) >= 11 is 0. The van der Waals surface area contributed by atoms with Crippen molar-refractivity contribution in [2.75, 3.05) is 0 Å². The molecule has 0 aromatic heterocycles. The largest absolute Gasteiger partial charge is 0.462 e. The minimum absolute atomic E-state index is 0.00198. The highest BCUT2D eigenvalue weighted by molar-refractivity contribution is 5.77. The highest BCUT2D eigenvalue weighted by Gasteiger charge is 2.49. The fourth-order valence-corrected chi connectivity index (χ4v) is 4.76. The lowest BCUT2D eigenvalue weighted by Crippen LogP contribution is -2.47. The van der Waals surface area contributed by atoms with Crippen molar-refractivity contribution in [3.8, 4) is 0 Å². The molecule has 0 spiro atoms. The third kappa shape index (κ3) is 6.49. The van der Waals surface area contributed by atoms with Crippen LogP contribution in [0.3, 0.4) is 0 Å². The van der Waals surface area contributed by atoms with Gasteiger partial charge < -0.3 is 4.74 Å². The molecular formula is C26H50O2. The third-order valence-electron chi connectivity index (χ3n) is 7.38. The Bertz CT molecular complexity index is 511. The Labute approximate surface area is 176 Å². The van der Waals surface area contributed by atoms with E-state index < -0.39 is 5.41 Å². The predicted octanol–water partition coefficient (Wildman–Crippen LogP) is 7.90. The van der Waals surface area contributed by atoms with Crippen molar-refractivity contribution in [1.82, 2.24) is 0 Å². The number of carbonyl (C=O) groups excluding carboxylic acids is 1. The van der Waals surface area contributed by atoms with Gasteiger partial charge in [0.2, 0.25) is 0 Å². The van der Waals surface area contributed by atoms with Gasteiger partial charge in [0.15, 0.2) is 0 Å². The van der Waals surface area contributed by atoms with Crippen molar-refractivity contribution in [3.05, 3.63) is 0 Å². The van der Waals surface area contributed by atoms with E-state index in [0.717, 1.165) is 19.3 Å². The number of hydrogen-bond acceptors (Lipinski definition) is 2. The van der Waals surface area contributed by atoms with E-state index in [1.54, 1.807) is 0 Å². The third-order valence-corrected chi connectivity index (χ3v) is 7.38. The molecule has 0 N–H and O–H groups in total. The van der Waals surface area contributed by atoms with Crippen LogP contribution in [0.1, 0.15) is 116 Å². The van der Waals surface area contributed by atoms with Gasteiger partial charge in [-0.1, -0.05) is 83.1 Å². The Balaban J connectivity index is 3.12. The van der Waals surface area contributed by atoms with Crippen LogP contribution in [0.25, 0.3) is 0 Å². The molecular weight excluding hydrogens is 344 g/mol. The molecule has 0 aliphatic heterocycles. The Morgan fingerprint density at radius 3 is 1.39 bits per heavy atom. The fourth-order valence-electron chi connectivity index (χ4n) is 4.76. The topological polar surface area (TPSA) is 26.3 Å². The molecule has 1 aliphatic rings. The van der Waals surface area contributed by atoms with Crippen molar-refractivity contribution in [3.63, 3.8) is 0 Å². The second kappa shape index (κ2) is 7.95. The first-order chi connectivity index (χ1) is 12.2. The highest BCUT2D eigenvalue weighted by Crippen LogP contribution is 2.50. The van der Waals surface area contributed by atoms with E-state index in [-0.39, 0.29) is 33.7 Å². The van der Waals surface area contributed by atoms with Crippen LogP contribution in [0.2, 0.25) is 0 Å². The second-order valence-electron chi connectivity index (χ2n) is 14.2. The Morgan fingerprint density at radius 2 is 1.11 bits per heavy atom. The quantitative estimate of drug-likeness (QED) is 0.455. The zero-order valence-corrected chi connectivity index (χ0v) is 21.4. The summed E-state index contributed by atoms with van der Waals surface area (Å²) in [7, 11) is 0. The summed E-state index contributed by atoms with van der Waals surface area (Å²) in [5.41, 5.74) is -0.0633. The molecule has 0 radical (unpaired) electrons. The maximum Gasteiger partial charge on any atom is 0.312 e. The number of hydrogen-bond donors (Lipinski definition) is 0. The zero-order valence-electron chi connectivity index (χ0n) is 21.4. The van der Waals surface area contributed by atoms with Crippen LogP contribution >= 0.6 is 0 Å². The molecule has 1 saturated carbocycles. The molecule has 0 aromatic carbocycles. The summed E-state index contributed by atoms with van der Waals surface area (Å²) in [5.74, 6) is 1.18. The first-order valence-electron chi connectivity index (χ1n) is 11.4. The van der Waals surface area contributed by atoms with Crippen LogP contribution in [-0.4, -0.2) is 12.1 Å². The van der Waals surface area contributed by atoms with Crippen LogP contribution in [-0.2, 0) is 9.53 Å². The lowest BCUT2D eigenvalue weighted by Gasteiger charge is -2.47. The van der Waals surface area contributed by atoms with Crippen molar-refractivity contribution in [2.24, 2.45) is 38.9 Å². The van der Waals surface area contributed by atoms with Crippen molar-refractivity contribution in [2.45, 2.75) is 122 Å². The first kappa shape index (κ1) is 25.5. The fraction of sp³-hybridized carbons (Fsp3) is 0.962. The summed E-state index contributed by atoms with van der Waals surface area (Å²) in [6, 6.07) is 0. The Morgan fingerprint density at radius 1 is 0.714 bits per heavy atom. The van der Waals surface area contributed by atoms with Gasteiger partial charge in [0.1, 0.15) is 6.10 Å². The van der Waals surface area contributed by atoms with Gasteiger partial charge in [0, 0.05) is 0 Å². The molecule has 0 amide bonds. The average Bonchev–Trinajstić information content (AvgIpc) is 2.41. The summed E-state index contributed by atoms with van der Waals surface area (Å²) in [5, 5.41) is 0. The molecule has 1 aliphatic carbocycles. The highest BCUT2D eigenvalue weighted by atomic mass is 16.5. The summed E-state index contributed by atoms with van der Waals surface area (Å²) in [6.45, 7) is 29.3. The molecule has 2 nitrogen and oxygen atoms in total. The molecule has 2 heteroatoms. The number of carbonyl (C=O) groups is 1. The second-order valence-corrected chi connectivity index (χ2v) is 14.2. The van der Waals surface area contributed by atoms with Gasteiger partial charge in [-0.05, 0) is 66.1 Å². The predicted molar refractivity (Wildman–Crippen MR) is 121 cm³/mol. The SMILES string of the molecule is CC(C)(C)CC(C)(C(=O)OC1CC(C(C)(C)C)CC(C(C)(C)C)C1)C(C)(C)C. The molecule has 1 rings (SSSR count). The monoisotopic (exact) mass is 394 g/mol. The summed E-state index contributed by atoms with van der Waals surface area (Å²) < 4.78 is 6.34. The van der Waals surface area contributed by atoms with Gasteiger partial charge in [-0.15, -0.1) is 0 Å². The molecule has 28 heavy (non-hydrogen) atoms. The van der Waals surface area contributed by atoms with E-state index >= 15 is 0 Å². The van der Waals surface area contributed by atoms with E-state index in [1.165, 1.54) is 6.42 Å². The molecule has 1 fully saturated rings. The molecule has 3 atom stereocenters. The molecule has 0 bridgehead atoms. The van der Waals surface area contributed by atoms with Crippen LogP contribution in [0.4, 0.5) is 0 Å². The zero-order chi connectivity index (χ0) is 22.3. The molecule has 0 aromatic rings. The maximum atomic E-state index is 13.5. The molecule has 3 unspecified atom stereocenters. The summed E-state index contributed by atoms with van der Waals surface area (Å²) in [6.07, 6.45) is 4.10. The number of ether oxygens (including phenoxy) is 1. The normalized spacial score (nSPS) is 27.2. The standard InChI is InChI=1S/C26H50O2/c1-22(2,3)17-26(13,25(10,11)12)21(27)28-20-15-18(23(4,5)6)14-19(16-20)24(7,8)9/h18-20H,14-17H2,1-13H3. The van der Waals surface area contributed by atoms with Gasteiger partial charge in [-0.3, -0.25) is 4.79 Å². The van der Waals surface area contributed by atoms with Crippen molar-refractivity contribution in [1.29, 1.82) is 0 Å². The number of esters is 1. The van der Waals surface area contributed by atoms with Gasteiger partial charge >= 0.3 is 5.97 Å².